The number of carbonyl (C=O) groups is 1. The summed E-state index contributed by atoms with van der Waals surface area (Å²) in [6.07, 6.45) is -0.0225. The van der Waals surface area contributed by atoms with Crippen LogP contribution in [0, 0.1) is 6.92 Å². The number of hydrogen-bond acceptors (Lipinski definition) is 2. The number of carboxylic acid groups (broad SMARTS) is 1. The van der Waals surface area contributed by atoms with Crippen LogP contribution in [0.3, 0.4) is 0 Å². The van der Waals surface area contributed by atoms with Crippen molar-refractivity contribution < 1.29 is 9.90 Å². The van der Waals surface area contributed by atoms with Gasteiger partial charge in [0.2, 0.25) is 0 Å². The predicted molar refractivity (Wildman–Crippen MR) is 48.0 cm³/mol. The number of hydrogen-bond donors (Lipinski definition) is 1. The molecule has 0 unspecified atom stereocenters. The first-order chi connectivity index (χ1) is 5.59. The van der Waals surface area contributed by atoms with E-state index in [1.807, 2.05) is 13.0 Å². The SMILES string of the molecule is Cc1ccc(Br)nc1CC(=O)O. The lowest BCUT2D eigenvalue weighted by molar-refractivity contribution is -0.136. The van der Waals surface area contributed by atoms with Crippen LogP contribution in [0.1, 0.15) is 11.3 Å². The molecular weight excluding hydrogens is 222 g/mol. The van der Waals surface area contributed by atoms with Crippen LogP contribution in [-0.4, -0.2) is 16.1 Å². The van der Waals surface area contributed by atoms with E-state index in [0.717, 1.165) is 5.56 Å². The van der Waals surface area contributed by atoms with E-state index in [-0.39, 0.29) is 6.42 Å². The van der Waals surface area contributed by atoms with E-state index in [0.29, 0.717) is 10.3 Å². The van der Waals surface area contributed by atoms with Gasteiger partial charge in [-0.15, -0.1) is 0 Å². The molecule has 0 aromatic carbocycles. The first kappa shape index (κ1) is 9.19. The molecule has 1 rings (SSSR count). The van der Waals surface area contributed by atoms with Gasteiger partial charge >= 0.3 is 5.97 Å². The van der Waals surface area contributed by atoms with Gasteiger partial charge in [0.25, 0.3) is 0 Å². The van der Waals surface area contributed by atoms with Crippen molar-refractivity contribution in [1.82, 2.24) is 4.98 Å². The molecule has 0 radical (unpaired) electrons. The van der Waals surface area contributed by atoms with Crippen molar-refractivity contribution in [2.24, 2.45) is 0 Å². The van der Waals surface area contributed by atoms with E-state index in [1.165, 1.54) is 0 Å². The number of aliphatic carboxylic acids is 1. The van der Waals surface area contributed by atoms with E-state index < -0.39 is 5.97 Å². The Morgan fingerprint density at radius 1 is 1.67 bits per heavy atom. The summed E-state index contributed by atoms with van der Waals surface area (Å²) in [5, 5.41) is 8.53. The number of aryl methyl sites for hydroxylation is 1. The number of halogens is 1. The van der Waals surface area contributed by atoms with Gasteiger partial charge in [-0.05, 0) is 34.5 Å². The normalized spacial score (nSPS) is 9.83. The molecule has 0 spiro atoms. The second kappa shape index (κ2) is 3.67. The molecule has 4 heteroatoms. The molecule has 1 aromatic rings. The van der Waals surface area contributed by atoms with Crippen LogP contribution >= 0.6 is 15.9 Å². The van der Waals surface area contributed by atoms with Crippen molar-refractivity contribution in [3.8, 4) is 0 Å². The summed E-state index contributed by atoms with van der Waals surface area (Å²) in [6, 6.07) is 3.63. The fraction of sp³-hybridized carbons (Fsp3) is 0.250. The van der Waals surface area contributed by atoms with E-state index in [1.54, 1.807) is 6.07 Å². The highest BCUT2D eigenvalue weighted by atomic mass is 79.9. The maximum absolute atomic E-state index is 10.4. The molecule has 0 saturated heterocycles. The second-order valence-electron chi connectivity index (χ2n) is 2.47. The smallest absolute Gasteiger partial charge is 0.309 e. The summed E-state index contributed by atoms with van der Waals surface area (Å²) in [4.78, 5) is 14.4. The lowest BCUT2D eigenvalue weighted by Gasteiger charge is -2.01. The molecular formula is C8H8BrNO2. The number of pyridine rings is 1. The third-order valence-electron chi connectivity index (χ3n) is 1.49. The van der Waals surface area contributed by atoms with E-state index in [9.17, 15) is 4.79 Å². The monoisotopic (exact) mass is 229 g/mol. The Kier molecular flexibility index (Phi) is 2.81. The Labute approximate surface area is 78.6 Å². The Morgan fingerprint density at radius 3 is 2.92 bits per heavy atom. The van der Waals surface area contributed by atoms with Crippen LogP contribution in [0.25, 0.3) is 0 Å². The zero-order valence-electron chi connectivity index (χ0n) is 6.54. The molecule has 1 aromatic heterocycles. The third-order valence-corrected chi connectivity index (χ3v) is 1.93. The topological polar surface area (TPSA) is 50.2 Å². The fourth-order valence-electron chi connectivity index (χ4n) is 0.867. The second-order valence-corrected chi connectivity index (χ2v) is 3.28. The molecule has 0 fully saturated rings. The highest BCUT2D eigenvalue weighted by Gasteiger charge is 2.05. The Hall–Kier alpha value is -0.900. The zero-order chi connectivity index (χ0) is 9.14. The molecule has 0 bridgehead atoms. The van der Waals surface area contributed by atoms with Gasteiger partial charge in [0.1, 0.15) is 4.60 Å². The van der Waals surface area contributed by atoms with Crippen LogP contribution in [0.5, 0.6) is 0 Å². The Morgan fingerprint density at radius 2 is 2.33 bits per heavy atom. The predicted octanol–water partition coefficient (Wildman–Crippen LogP) is 1.78. The quantitative estimate of drug-likeness (QED) is 0.787. The van der Waals surface area contributed by atoms with E-state index >= 15 is 0 Å². The van der Waals surface area contributed by atoms with Crippen molar-refractivity contribution in [1.29, 1.82) is 0 Å². The van der Waals surface area contributed by atoms with Crippen LogP contribution in [0.15, 0.2) is 16.7 Å². The molecule has 0 amide bonds. The van der Waals surface area contributed by atoms with Crippen molar-refractivity contribution in [3.63, 3.8) is 0 Å². The third kappa shape index (κ3) is 2.30. The first-order valence-electron chi connectivity index (χ1n) is 3.43. The highest BCUT2D eigenvalue weighted by molar-refractivity contribution is 9.10. The Bertz CT molecular complexity index is 312. The maximum Gasteiger partial charge on any atom is 0.309 e. The number of carboxylic acids is 1. The lowest BCUT2D eigenvalue weighted by atomic mass is 10.2. The summed E-state index contributed by atoms with van der Waals surface area (Å²) in [6.45, 7) is 1.84. The van der Waals surface area contributed by atoms with Crippen molar-refractivity contribution in [3.05, 3.63) is 28.0 Å². The van der Waals surface area contributed by atoms with Crippen LogP contribution in [0.4, 0.5) is 0 Å². The van der Waals surface area contributed by atoms with Gasteiger partial charge in [0, 0.05) is 0 Å². The molecule has 3 nitrogen and oxygen atoms in total. The Balaban J connectivity index is 2.97. The van der Waals surface area contributed by atoms with Crippen LogP contribution < -0.4 is 0 Å². The zero-order valence-corrected chi connectivity index (χ0v) is 8.13. The standard InChI is InChI=1S/C8H8BrNO2/c1-5-2-3-7(9)10-6(5)4-8(11)12/h2-3H,4H2,1H3,(H,11,12). The van der Waals surface area contributed by atoms with Gasteiger partial charge in [0.05, 0.1) is 12.1 Å². The molecule has 0 aliphatic carbocycles. The molecule has 0 aliphatic heterocycles. The molecule has 1 heterocycles. The molecule has 12 heavy (non-hydrogen) atoms. The molecule has 0 saturated carbocycles. The van der Waals surface area contributed by atoms with Crippen molar-refractivity contribution in [2.75, 3.05) is 0 Å². The minimum atomic E-state index is -0.858. The lowest BCUT2D eigenvalue weighted by Crippen LogP contribution is -2.04. The minimum absolute atomic E-state index is 0.0225. The van der Waals surface area contributed by atoms with Gasteiger partial charge in [-0.25, -0.2) is 4.98 Å². The summed E-state index contributed by atoms with van der Waals surface area (Å²) >= 11 is 3.18. The van der Waals surface area contributed by atoms with Crippen LogP contribution in [0.2, 0.25) is 0 Å². The van der Waals surface area contributed by atoms with Gasteiger partial charge in [-0.1, -0.05) is 6.07 Å². The van der Waals surface area contributed by atoms with Gasteiger partial charge in [0.15, 0.2) is 0 Å². The number of rotatable bonds is 2. The van der Waals surface area contributed by atoms with Crippen molar-refractivity contribution >= 4 is 21.9 Å². The largest absolute Gasteiger partial charge is 0.481 e. The molecule has 64 valence electrons. The van der Waals surface area contributed by atoms with E-state index in [4.69, 9.17) is 5.11 Å². The average molecular weight is 230 g/mol. The summed E-state index contributed by atoms with van der Waals surface area (Å²) in [5.74, 6) is -0.858. The number of nitrogens with zero attached hydrogens (tertiary/aromatic N) is 1. The van der Waals surface area contributed by atoms with E-state index in [2.05, 4.69) is 20.9 Å². The first-order valence-corrected chi connectivity index (χ1v) is 4.22. The molecule has 1 N–H and O–H groups in total. The number of aromatic nitrogens is 1. The summed E-state index contributed by atoms with van der Waals surface area (Å²) < 4.78 is 0.671. The highest BCUT2D eigenvalue weighted by Crippen LogP contribution is 2.11. The summed E-state index contributed by atoms with van der Waals surface area (Å²) in [7, 11) is 0. The minimum Gasteiger partial charge on any atom is -0.481 e. The maximum atomic E-state index is 10.4. The average Bonchev–Trinajstić information content (AvgIpc) is 1.96. The van der Waals surface area contributed by atoms with Gasteiger partial charge in [-0.2, -0.15) is 0 Å². The van der Waals surface area contributed by atoms with Crippen molar-refractivity contribution in [2.45, 2.75) is 13.3 Å². The fourth-order valence-corrected chi connectivity index (χ4v) is 1.21. The molecule has 0 aliphatic rings. The van der Waals surface area contributed by atoms with Gasteiger partial charge in [-0.3, -0.25) is 4.79 Å². The summed E-state index contributed by atoms with van der Waals surface area (Å²) in [5.41, 5.74) is 1.51. The molecule has 0 atom stereocenters. The van der Waals surface area contributed by atoms with Crippen LogP contribution in [-0.2, 0) is 11.2 Å². The van der Waals surface area contributed by atoms with Gasteiger partial charge < -0.3 is 5.11 Å².